The lowest BCUT2D eigenvalue weighted by molar-refractivity contribution is 0.353. The number of allylic oxidation sites excluding steroid dienone is 1. The number of hydrazine groups is 1. The van der Waals surface area contributed by atoms with E-state index in [1.165, 1.54) is 4.88 Å². The molecular formula is C11H14N4OS. The Balaban J connectivity index is 2.42. The van der Waals surface area contributed by atoms with Crippen molar-refractivity contribution >= 4 is 27.5 Å². The van der Waals surface area contributed by atoms with E-state index in [9.17, 15) is 0 Å². The molecule has 90 valence electrons. The van der Waals surface area contributed by atoms with E-state index in [0.29, 0.717) is 18.4 Å². The fraction of sp³-hybridized carbons (Fsp3) is 0.273. The zero-order valence-corrected chi connectivity index (χ0v) is 10.5. The number of aryl methyl sites for hydroxylation is 1. The number of aromatic nitrogens is 2. The Hall–Kier alpha value is -1.66. The number of ether oxygens (including phenoxy) is 1. The van der Waals surface area contributed by atoms with Crippen molar-refractivity contribution in [2.45, 2.75) is 13.8 Å². The number of nitrogen functional groups attached to an aromatic ring is 1. The number of hydrogen-bond donors (Lipinski definition) is 2. The lowest BCUT2D eigenvalue weighted by Gasteiger charge is -2.05. The quantitative estimate of drug-likeness (QED) is 0.494. The van der Waals surface area contributed by atoms with Crippen LogP contribution in [0.25, 0.3) is 10.2 Å². The summed E-state index contributed by atoms with van der Waals surface area (Å²) in [5.41, 5.74) is 2.45. The van der Waals surface area contributed by atoms with Gasteiger partial charge in [-0.3, -0.25) is 5.43 Å². The number of nitrogens with one attached hydrogen (secondary N) is 1. The maximum atomic E-state index is 5.59. The van der Waals surface area contributed by atoms with Crippen LogP contribution in [0.5, 0.6) is 5.88 Å². The van der Waals surface area contributed by atoms with Crippen LogP contribution in [-0.2, 0) is 0 Å². The van der Waals surface area contributed by atoms with Gasteiger partial charge >= 0.3 is 0 Å². The van der Waals surface area contributed by atoms with Crippen molar-refractivity contribution in [1.29, 1.82) is 0 Å². The maximum absolute atomic E-state index is 5.59. The van der Waals surface area contributed by atoms with Crippen LogP contribution in [-0.4, -0.2) is 16.6 Å². The van der Waals surface area contributed by atoms with Crippen molar-refractivity contribution < 1.29 is 4.74 Å². The Bertz CT molecular complexity index is 550. The standard InChI is InChI=1S/C11H14N4OS/c1-3-4-5-16-9-8-6-7(2)17-10(8)14-11(13-9)15-12/h3-4,6H,5,12H2,1-2H3,(H,13,14,15)/b4-3+. The Morgan fingerprint density at radius 2 is 2.35 bits per heavy atom. The highest BCUT2D eigenvalue weighted by Gasteiger charge is 2.10. The van der Waals surface area contributed by atoms with E-state index in [2.05, 4.69) is 15.4 Å². The summed E-state index contributed by atoms with van der Waals surface area (Å²) in [5.74, 6) is 6.26. The van der Waals surface area contributed by atoms with E-state index < -0.39 is 0 Å². The molecule has 0 unspecified atom stereocenters. The molecule has 2 aromatic heterocycles. The van der Waals surface area contributed by atoms with Gasteiger partial charge in [-0.15, -0.1) is 11.3 Å². The Labute approximate surface area is 103 Å². The molecule has 0 radical (unpaired) electrons. The van der Waals surface area contributed by atoms with Crippen LogP contribution in [0.1, 0.15) is 11.8 Å². The van der Waals surface area contributed by atoms with Gasteiger partial charge in [0.2, 0.25) is 11.8 Å². The van der Waals surface area contributed by atoms with Gasteiger partial charge in [-0.05, 0) is 19.9 Å². The molecule has 0 atom stereocenters. The molecular weight excluding hydrogens is 236 g/mol. The number of nitrogens with two attached hydrogens (primary N) is 1. The number of hydrogen-bond acceptors (Lipinski definition) is 6. The zero-order chi connectivity index (χ0) is 12.3. The predicted octanol–water partition coefficient (Wildman–Crippen LogP) is 2.24. The first-order chi connectivity index (χ1) is 8.24. The zero-order valence-electron chi connectivity index (χ0n) is 9.73. The van der Waals surface area contributed by atoms with Crippen LogP contribution >= 0.6 is 11.3 Å². The smallest absolute Gasteiger partial charge is 0.241 e. The van der Waals surface area contributed by atoms with Gasteiger partial charge in [-0.25, -0.2) is 10.8 Å². The molecule has 0 bridgehead atoms. The number of rotatable bonds is 4. The van der Waals surface area contributed by atoms with E-state index >= 15 is 0 Å². The Kier molecular flexibility index (Phi) is 3.55. The van der Waals surface area contributed by atoms with Crippen molar-refractivity contribution in [3.8, 4) is 5.88 Å². The summed E-state index contributed by atoms with van der Waals surface area (Å²) in [4.78, 5) is 10.5. The largest absolute Gasteiger partial charge is 0.473 e. The maximum Gasteiger partial charge on any atom is 0.241 e. The summed E-state index contributed by atoms with van der Waals surface area (Å²) in [6.45, 7) is 4.46. The summed E-state index contributed by atoms with van der Waals surface area (Å²) in [7, 11) is 0. The third kappa shape index (κ3) is 2.54. The molecule has 0 aromatic carbocycles. The second-order valence-electron chi connectivity index (χ2n) is 3.45. The molecule has 17 heavy (non-hydrogen) atoms. The first kappa shape index (κ1) is 11.8. The number of nitrogens with zero attached hydrogens (tertiary/aromatic N) is 2. The lowest BCUT2D eigenvalue weighted by Crippen LogP contribution is -2.11. The third-order valence-electron chi connectivity index (χ3n) is 2.16. The molecule has 5 nitrogen and oxygen atoms in total. The van der Waals surface area contributed by atoms with Gasteiger partial charge in [0.25, 0.3) is 0 Å². The number of thiophene rings is 1. The van der Waals surface area contributed by atoms with E-state index in [-0.39, 0.29) is 0 Å². The minimum atomic E-state index is 0.370. The van der Waals surface area contributed by atoms with Crippen molar-refractivity contribution in [2.24, 2.45) is 5.84 Å². The van der Waals surface area contributed by atoms with Gasteiger partial charge in [0, 0.05) is 4.88 Å². The van der Waals surface area contributed by atoms with Crippen LogP contribution in [0.3, 0.4) is 0 Å². The molecule has 0 amide bonds. The van der Waals surface area contributed by atoms with Gasteiger partial charge in [-0.1, -0.05) is 12.2 Å². The average Bonchev–Trinajstić information content (AvgIpc) is 2.69. The molecule has 2 aromatic rings. The summed E-state index contributed by atoms with van der Waals surface area (Å²) < 4.78 is 5.59. The molecule has 0 saturated heterocycles. The summed E-state index contributed by atoms with van der Waals surface area (Å²) >= 11 is 1.59. The van der Waals surface area contributed by atoms with Gasteiger partial charge in [0.1, 0.15) is 11.4 Å². The lowest BCUT2D eigenvalue weighted by atomic mass is 10.3. The van der Waals surface area contributed by atoms with Gasteiger partial charge in [0.15, 0.2) is 0 Å². The van der Waals surface area contributed by atoms with Crippen molar-refractivity contribution in [3.05, 3.63) is 23.1 Å². The van der Waals surface area contributed by atoms with E-state index in [1.807, 2.05) is 32.1 Å². The van der Waals surface area contributed by atoms with E-state index in [4.69, 9.17) is 10.6 Å². The number of anilines is 1. The monoisotopic (exact) mass is 250 g/mol. The van der Waals surface area contributed by atoms with Gasteiger partial charge in [0.05, 0.1) is 5.39 Å². The van der Waals surface area contributed by atoms with Crippen LogP contribution < -0.4 is 16.0 Å². The highest BCUT2D eigenvalue weighted by Crippen LogP contribution is 2.30. The van der Waals surface area contributed by atoms with Crippen LogP contribution in [0.4, 0.5) is 5.95 Å². The molecule has 0 aliphatic heterocycles. The predicted molar refractivity (Wildman–Crippen MR) is 70.3 cm³/mol. The van der Waals surface area contributed by atoms with Gasteiger partial charge < -0.3 is 4.74 Å². The van der Waals surface area contributed by atoms with E-state index in [1.54, 1.807) is 11.3 Å². The molecule has 2 heterocycles. The normalized spacial score (nSPS) is 11.2. The highest BCUT2D eigenvalue weighted by molar-refractivity contribution is 7.18. The van der Waals surface area contributed by atoms with Crippen LogP contribution in [0, 0.1) is 6.92 Å². The Morgan fingerprint density at radius 3 is 3.06 bits per heavy atom. The van der Waals surface area contributed by atoms with Gasteiger partial charge in [-0.2, -0.15) is 4.98 Å². The van der Waals surface area contributed by atoms with Crippen molar-refractivity contribution in [3.63, 3.8) is 0 Å². The topological polar surface area (TPSA) is 73.1 Å². The summed E-state index contributed by atoms with van der Waals surface area (Å²) in [6, 6.07) is 2.02. The third-order valence-corrected chi connectivity index (χ3v) is 3.11. The molecule has 3 N–H and O–H groups in total. The first-order valence-corrected chi connectivity index (χ1v) is 6.05. The SMILES string of the molecule is C/C=C/COc1nc(NN)nc2sc(C)cc12. The van der Waals surface area contributed by atoms with Crippen LogP contribution in [0.15, 0.2) is 18.2 Å². The minimum Gasteiger partial charge on any atom is -0.473 e. The van der Waals surface area contributed by atoms with E-state index in [0.717, 1.165) is 10.2 Å². The molecule has 0 spiro atoms. The first-order valence-electron chi connectivity index (χ1n) is 5.23. The van der Waals surface area contributed by atoms with Crippen LogP contribution in [0.2, 0.25) is 0 Å². The molecule has 0 aliphatic carbocycles. The average molecular weight is 250 g/mol. The highest BCUT2D eigenvalue weighted by atomic mass is 32.1. The number of fused-ring (bicyclic) bond motifs is 1. The van der Waals surface area contributed by atoms with Crippen molar-refractivity contribution in [2.75, 3.05) is 12.0 Å². The fourth-order valence-corrected chi connectivity index (χ4v) is 2.28. The molecule has 2 rings (SSSR count). The summed E-state index contributed by atoms with van der Waals surface area (Å²) in [5, 5.41) is 0.927. The molecule has 0 fully saturated rings. The second-order valence-corrected chi connectivity index (χ2v) is 4.69. The Morgan fingerprint density at radius 1 is 1.53 bits per heavy atom. The summed E-state index contributed by atoms with van der Waals surface area (Å²) in [6.07, 6.45) is 3.85. The second kappa shape index (κ2) is 5.11. The molecule has 6 heteroatoms. The van der Waals surface area contributed by atoms with Crippen molar-refractivity contribution in [1.82, 2.24) is 9.97 Å². The minimum absolute atomic E-state index is 0.370. The molecule has 0 aliphatic rings. The fourth-order valence-electron chi connectivity index (χ4n) is 1.41. The molecule has 0 saturated carbocycles.